The van der Waals surface area contributed by atoms with E-state index in [0.717, 1.165) is 22.9 Å². The van der Waals surface area contributed by atoms with E-state index in [1.165, 1.54) is 12.1 Å². The van der Waals surface area contributed by atoms with Gasteiger partial charge < -0.3 is 5.32 Å². The summed E-state index contributed by atoms with van der Waals surface area (Å²) in [4.78, 5) is 17.4. The third-order valence-corrected chi connectivity index (χ3v) is 6.98. The maximum Gasteiger partial charge on any atom is 0.234 e. The minimum absolute atomic E-state index is 0.0186. The molecule has 3 aromatic carbocycles. The molecular formula is C26H15Cl4N3OS. The molecule has 0 saturated carbocycles. The average molecular weight is 559 g/mol. The van der Waals surface area contributed by atoms with Crippen molar-refractivity contribution in [3.8, 4) is 28.5 Å². The third kappa shape index (κ3) is 6.10. The number of thioether (sulfide) groups is 1. The standard InChI is InChI=1S/C26H15Cl4N3OS/c27-17-8-6-15(7-9-17)19-12-23(16-4-2-1-3-5-16)32-26(20(19)13-31)35-14-24(34)33-25-21(29)10-18(28)11-22(25)30/h1-12H,14H2,(H,33,34). The normalized spacial score (nSPS) is 10.6. The molecule has 174 valence electrons. The Bertz CT molecular complexity index is 1410. The Morgan fingerprint density at radius 3 is 2.17 bits per heavy atom. The zero-order chi connectivity index (χ0) is 24.9. The third-order valence-electron chi connectivity index (χ3n) is 4.93. The fourth-order valence-electron chi connectivity index (χ4n) is 3.32. The van der Waals surface area contributed by atoms with Gasteiger partial charge in [0.05, 0.1) is 32.7 Å². The van der Waals surface area contributed by atoms with E-state index in [1.807, 2.05) is 48.5 Å². The second kappa shape index (κ2) is 11.3. The Kier molecular flexibility index (Phi) is 8.22. The summed E-state index contributed by atoms with van der Waals surface area (Å²) >= 11 is 25.5. The molecule has 1 N–H and O–H groups in total. The van der Waals surface area contributed by atoms with Crippen molar-refractivity contribution < 1.29 is 4.79 Å². The number of aromatic nitrogens is 1. The van der Waals surface area contributed by atoms with Crippen LogP contribution in [0.2, 0.25) is 20.1 Å². The molecule has 0 atom stereocenters. The van der Waals surface area contributed by atoms with E-state index < -0.39 is 0 Å². The van der Waals surface area contributed by atoms with Gasteiger partial charge >= 0.3 is 0 Å². The van der Waals surface area contributed by atoms with E-state index in [0.29, 0.717) is 31.9 Å². The number of benzene rings is 3. The molecule has 0 aliphatic rings. The van der Waals surface area contributed by atoms with Crippen molar-refractivity contribution in [2.75, 3.05) is 11.1 Å². The van der Waals surface area contributed by atoms with Crippen molar-refractivity contribution in [2.24, 2.45) is 0 Å². The smallest absolute Gasteiger partial charge is 0.234 e. The van der Waals surface area contributed by atoms with Crippen molar-refractivity contribution in [1.82, 2.24) is 4.98 Å². The molecule has 4 aromatic rings. The van der Waals surface area contributed by atoms with Crippen LogP contribution in [0.25, 0.3) is 22.4 Å². The summed E-state index contributed by atoms with van der Waals surface area (Å²) in [6.07, 6.45) is 0. The first kappa shape index (κ1) is 25.4. The average Bonchev–Trinajstić information content (AvgIpc) is 2.85. The van der Waals surface area contributed by atoms with E-state index in [9.17, 15) is 10.1 Å². The number of pyridine rings is 1. The van der Waals surface area contributed by atoms with Gasteiger partial charge in [-0.05, 0) is 35.9 Å². The quantitative estimate of drug-likeness (QED) is 0.240. The molecule has 0 unspecified atom stereocenters. The second-order valence-electron chi connectivity index (χ2n) is 7.30. The fourth-order valence-corrected chi connectivity index (χ4v) is 5.16. The molecule has 4 rings (SSSR count). The number of halogens is 4. The van der Waals surface area contributed by atoms with Gasteiger partial charge in [0.1, 0.15) is 11.1 Å². The van der Waals surface area contributed by atoms with Gasteiger partial charge in [0.25, 0.3) is 0 Å². The van der Waals surface area contributed by atoms with Crippen LogP contribution in [0.3, 0.4) is 0 Å². The Hall–Kier alpha value is -2.72. The minimum Gasteiger partial charge on any atom is -0.323 e. The largest absolute Gasteiger partial charge is 0.323 e. The lowest BCUT2D eigenvalue weighted by atomic mass is 9.99. The van der Waals surface area contributed by atoms with E-state index >= 15 is 0 Å². The lowest BCUT2D eigenvalue weighted by molar-refractivity contribution is -0.113. The summed E-state index contributed by atoms with van der Waals surface area (Å²) in [6, 6.07) is 23.9. The minimum atomic E-state index is -0.357. The Morgan fingerprint density at radius 1 is 0.886 bits per heavy atom. The number of amides is 1. The number of carbonyl (C=O) groups is 1. The Balaban J connectivity index is 1.68. The summed E-state index contributed by atoms with van der Waals surface area (Å²) in [5, 5.41) is 14.6. The fraction of sp³-hybridized carbons (Fsp3) is 0.0385. The molecule has 1 aromatic heterocycles. The summed E-state index contributed by atoms with van der Waals surface area (Å²) in [6.45, 7) is 0. The lowest BCUT2D eigenvalue weighted by Gasteiger charge is -2.13. The van der Waals surface area contributed by atoms with Crippen LogP contribution in [0.4, 0.5) is 5.69 Å². The molecule has 35 heavy (non-hydrogen) atoms. The number of anilines is 1. The Labute approximate surface area is 226 Å². The highest BCUT2D eigenvalue weighted by Gasteiger charge is 2.18. The maximum absolute atomic E-state index is 12.7. The maximum atomic E-state index is 12.7. The molecule has 0 spiro atoms. The van der Waals surface area contributed by atoms with Gasteiger partial charge in [0, 0.05) is 21.2 Å². The molecule has 0 aliphatic carbocycles. The van der Waals surface area contributed by atoms with Gasteiger partial charge in [-0.1, -0.05) is 101 Å². The zero-order valence-corrected chi connectivity index (χ0v) is 21.7. The topological polar surface area (TPSA) is 65.8 Å². The molecular weight excluding hydrogens is 544 g/mol. The van der Waals surface area contributed by atoms with Crippen molar-refractivity contribution in [1.29, 1.82) is 5.26 Å². The van der Waals surface area contributed by atoms with E-state index in [1.54, 1.807) is 12.1 Å². The predicted octanol–water partition coefficient (Wildman–Crippen LogP) is 8.63. The van der Waals surface area contributed by atoms with Gasteiger partial charge in [-0.2, -0.15) is 5.26 Å². The first-order valence-corrected chi connectivity index (χ1v) is 12.7. The van der Waals surface area contributed by atoms with E-state index in [-0.39, 0.29) is 27.4 Å². The molecule has 0 saturated heterocycles. The molecule has 0 aliphatic heterocycles. The van der Waals surface area contributed by atoms with Gasteiger partial charge in [-0.3, -0.25) is 4.79 Å². The van der Waals surface area contributed by atoms with Crippen molar-refractivity contribution >= 4 is 69.8 Å². The van der Waals surface area contributed by atoms with Crippen LogP contribution in [0.5, 0.6) is 0 Å². The number of hydrogen-bond acceptors (Lipinski definition) is 4. The number of nitrogens with one attached hydrogen (secondary N) is 1. The zero-order valence-electron chi connectivity index (χ0n) is 17.9. The van der Waals surface area contributed by atoms with Gasteiger partial charge in [-0.15, -0.1) is 0 Å². The van der Waals surface area contributed by atoms with Crippen molar-refractivity contribution in [3.63, 3.8) is 0 Å². The van der Waals surface area contributed by atoms with Crippen LogP contribution in [-0.2, 0) is 4.79 Å². The van der Waals surface area contributed by atoms with Gasteiger partial charge in [0.15, 0.2) is 0 Å². The van der Waals surface area contributed by atoms with Crippen LogP contribution in [0.15, 0.2) is 77.8 Å². The number of nitriles is 1. The van der Waals surface area contributed by atoms with Crippen LogP contribution < -0.4 is 5.32 Å². The Morgan fingerprint density at radius 2 is 1.54 bits per heavy atom. The van der Waals surface area contributed by atoms with Gasteiger partial charge in [0.2, 0.25) is 5.91 Å². The van der Waals surface area contributed by atoms with Crippen LogP contribution in [0, 0.1) is 11.3 Å². The number of rotatable bonds is 6. The summed E-state index contributed by atoms with van der Waals surface area (Å²) in [5.74, 6) is -0.375. The molecule has 1 heterocycles. The molecule has 0 bridgehead atoms. The summed E-state index contributed by atoms with van der Waals surface area (Å²) in [7, 11) is 0. The van der Waals surface area contributed by atoms with Crippen LogP contribution in [-0.4, -0.2) is 16.6 Å². The first-order valence-electron chi connectivity index (χ1n) is 10.2. The summed E-state index contributed by atoms with van der Waals surface area (Å²) in [5.41, 5.74) is 3.73. The second-order valence-corrected chi connectivity index (χ2v) is 9.95. The monoisotopic (exact) mass is 557 g/mol. The van der Waals surface area contributed by atoms with Crippen LogP contribution in [0.1, 0.15) is 5.56 Å². The highest BCUT2D eigenvalue weighted by molar-refractivity contribution is 8.00. The summed E-state index contributed by atoms with van der Waals surface area (Å²) < 4.78 is 0. The SMILES string of the molecule is N#Cc1c(-c2ccc(Cl)cc2)cc(-c2ccccc2)nc1SCC(=O)Nc1c(Cl)cc(Cl)cc1Cl. The predicted molar refractivity (Wildman–Crippen MR) is 146 cm³/mol. The number of nitrogens with zero attached hydrogens (tertiary/aromatic N) is 2. The number of hydrogen-bond donors (Lipinski definition) is 1. The molecule has 0 radical (unpaired) electrons. The highest BCUT2D eigenvalue weighted by Crippen LogP contribution is 2.36. The van der Waals surface area contributed by atoms with E-state index in [4.69, 9.17) is 51.4 Å². The molecule has 0 fully saturated rings. The lowest BCUT2D eigenvalue weighted by Crippen LogP contribution is -2.15. The van der Waals surface area contributed by atoms with Crippen LogP contribution >= 0.6 is 58.2 Å². The molecule has 4 nitrogen and oxygen atoms in total. The first-order chi connectivity index (χ1) is 16.9. The van der Waals surface area contributed by atoms with E-state index in [2.05, 4.69) is 11.4 Å². The number of carbonyl (C=O) groups excluding carboxylic acids is 1. The molecule has 1 amide bonds. The molecule has 9 heteroatoms. The highest BCUT2D eigenvalue weighted by atomic mass is 35.5. The van der Waals surface area contributed by atoms with Gasteiger partial charge in [-0.25, -0.2) is 4.98 Å². The van der Waals surface area contributed by atoms with Crippen molar-refractivity contribution in [3.05, 3.63) is 98.5 Å². The van der Waals surface area contributed by atoms with Crippen molar-refractivity contribution in [2.45, 2.75) is 5.03 Å².